The molecule has 1 saturated heterocycles. The Bertz CT molecular complexity index is 799. The van der Waals surface area contributed by atoms with Crippen molar-refractivity contribution in [3.05, 3.63) is 48.0 Å². The van der Waals surface area contributed by atoms with Gasteiger partial charge in [0.1, 0.15) is 5.82 Å². The molecule has 1 fully saturated rings. The van der Waals surface area contributed by atoms with Crippen LogP contribution >= 0.6 is 24.0 Å². The molecule has 0 amide bonds. The lowest BCUT2D eigenvalue weighted by Crippen LogP contribution is -2.44. The van der Waals surface area contributed by atoms with Crippen LogP contribution in [0.3, 0.4) is 0 Å². The average molecular weight is 499 g/mol. The van der Waals surface area contributed by atoms with Crippen LogP contribution in [0.25, 0.3) is 0 Å². The molecule has 1 aliphatic heterocycles. The monoisotopic (exact) mass is 499 g/mol. The van der Waals surface area contributed by atoms with Gasteiger partial charge in [0.05, 0.1) is 0 Å². The van der Waals surface area contributed by atoms with Crippen LogP contribution in [0.2, 0.25) is 0 Å². The largest absolute Gasteiger partial charge is 0.363 e. The minimum Gasteiger partial charge on any atom is -0.363 e. The lowest BCUT2D eigenvalue weighted by atomic mass is 10.2. The second-order valence-electron chi connectivity index (χ2n) is 6.73. The average Bonchev–Trinajstić information content (AvgIpc) is 3.14. The molecule has 0 bridgehead atoms. The number of rotatable bonds is 5. The molecule has 3 rings (SSSR count). The molecular weight excluding hydrogens is 472 g/mol. The summed E-state index contributed by atoms with van der Waals surface area (Å²) in [7, 11) is 5.69. The number of aromatic nitrogens is 2. The van der Waals surface area contributed by atoms with Crippen LogP contribution in [0.5, 0.6) is 0 Å². The number of hydrogen-bond acceptors (Lipinski definition) is 5. The summed E-state index contributed by atoms with van der Waals surface area (Å²) in [6.45, 7) is 2.10. The maximum atomic E-state index is 13.9. The van der Waals surface area contributed by atoms with Crippen molar-refractivity contribution >= 4 is 41.6 Å². The number of nitrogens with one attached hydrogen (secondary N) is 2. The first kappa shape index (κ1) is 22.1. The smallest absolute Gasteiger partial charge is 0.191 e. The van der Waals surface area contributed by atoms with E-state index in [4.69, 9.17) is 0 Å². The number of aliphatic imine (C=N–C) groups is 1. The molecule has 0 aliphatic carbocycles. The van der Waals surface area contributed by atoms with Crippen molar-refractivity contribution < 1.29 is 4.39 Å². The van der Waals surface area contributed by atoms with E-state index in [0.29, 0.717) is 18.9 Å². The predicted molar refractivity (Wildman–Crippen MR) is 122 cm³/mol. The molecule has 9 heteroatoms. The van der Waals surface area contributed by atoms with E-state index in [0.717, 1.165) is 30.3 Å². The van der Waals surface area contributed by atoms with Gasteiger partial charge in [0, 0.05) is 59.2 Å². The highest BCUT2D eigenvalue weighted by atomic mass is 127. The Labute approximate surface area is 182 Å². The number of anilines is 2. The van der Waals surface area contributed by atoms with Crippen molar-refractivity contribution in [2.45, 2.75) is 19.0 Å². The standard InChI is InChI=1S/C19H26FN7.HI/c1-21-19(24-12-14-6-9-22-17(11-14)26(2)3)25-15-7-10-27(13-15)18-16(20)5-4-8-23-18;/h4-6,8-9,11,15H,7,10,12-13H2,1-3H3,(H2,21,24,25);1H. The van der Waals surface area contributed by atoms with Crippen LogP contribution in [-0.4, -0.2) is 56.2 Å². The number of guanidine groups is 1. The van der Waals surface area contributed by atoms with Crippen LogP contribution in [0.4, 0.5) is 16.0 Å². The van der Waals surface area contributed by atoms with E-state index >= 15 is 0 Å². The van der Waals surface area contributed by atoms with E-state index in [1.54, 1.807) is 25.5 Å². The fourth-order valence-electron chi connectivity index (χ4n) is 3.07. The fourth-order valence-corrected chi connectivity index (χ4v) is 3.07. The molecule has 3 heterocycles. The van der Waals surface area contributed by atoms with Crippen LogP contribution in [0.1, 0.15) is 12.0 Å². The highest BCUT2D eigenvalue weighted by Crippen LogP contribution is 2.20. The summed E-state index contributed by atoms with van der Waals surface area (Å²) in [6, 6.07) is 7.26. The Morgan fingerprint density at radius 2 is 2.14 bits per heavy atom. The van der Waals surface area contributed by atoms with E-state index in [-0.39, 0.29) is 35.8 Å². The van der Waals surface area contributed by atoms with E-state index in [2.05, 4.69) is 25.6 Å². The van der Waals surface area contributed by atoms with Gasteiger partial charge < -0.3 is 20.4 Å². The fraction of sp³-hybridized carbons (Fsp3) is 0.421. The first-order chi connectivity index (χ1) is 13.1. The quantitative estimate of drug-likeness (QED) is 0.374. The molecule has 1 atom stereocenters. The van der Waals surface area contributed by atoms with Gasteiger partial charge in [-0.05, 0) is 36.2 Å². The predicted octanol–water partition coefficient (Wildman–Crippen LogP) is 2.24. The zero-order chi connectivity index (χ0) is 19.2. The lowest BCUT2D eigenvalue weighted by Gasteiger charge is -2.20. The molecule has 28 heavy (non-hydrogen) atoms. The van der Waals surface area contributed by atoms with Gasteiger partial charge in [-0.15, -0.1) is 24.0 Å². The molecule has 1 unspecified atom stereocenters. The Kier molecular flexibility index (Phi) is 8.21. The summed E-state index contributed by atoms with van der Waals surface area (Å²) >= 11 is 0. The molecule has 2 N–H and O–H groups in total. The van der Waals surface area contributed by atoms with Gasteiger partial charge in [0.2, 0.25) is 0 Å². The van der Waals surface area contributed by atoms with Crippen LogP contribution < -0.4 is 20.4 Å². The highest BCUT2D eigenvalue weighted by Gasteiger charge is 2.25. The van der Waals surface area contributed by atoms with Gasteiger partial charge >= 0.3 is 0 Å². The summed E-state index contributed by atoms with van der Waals surface area (Å²) < 4.78 is 13.9. The van der Waals surface area contributed by atoms with Crippen molar-refractivity contribution in [2.24, 2.45) is 4.99 Å². The number of hydrogen-bond donors (Lipinski definition) is 2. The Balaban J connectivity index is 0.00000280. The van der Waals surface area contributed by atoms with Crippen molar-refractivity contribution in [2.75, 3.05) is 44.0 Å². The van der Waals surface area contributed by atoms with Crippen LogP contribution in [0.15, 0.2) is 41.7 Å². The normalized spacial score (nSPS) is 16.5. The third-order valence-corrected chi connectivity index (χ3v) is 4.52. The summed E-state index contributed by atoms with van der Waals surface area (Å²) in [4.78, 5) is 16.7. The number of nitrogens with zero attached hydrogens (tertiary/aromatic N) is 5. The van der Waals surface area contributed by atoms with E-state index in [9.17, 15) is 4.39 Å². The van der Waals surface area contributed by atoms with Gasteiger partial charge in [-0.2, -0.15) is 0 Å². The number of halogens is 2. The van der Waals surface area contributed by atoms with Gasteiger partial charge in [-0.1, -0.05) is 0 Å². The Hall–Kier alpha value is -2.17. The Morgan fingerprint density at radius 3 is 2.86 bits per heavy atom. The second-order valence-corrected chi connectivity index (χ2v) is 6.73. The molecule has 2 aromatic heterocycles. The summed E-state index contributed by atoms with van der Waals surface area (Å²) in [5.74, 6) is 1.78. The first-order valence-electron chi connectivity index (χ1n) is 9.01. The molecule has 0 radical (unpaired) electrons. The molecule has 0 spiro atoms. The van der Waals surface area contributed by atoms with E-state index in [1.165, 1.54) is 6.07 Å². The summed E-state index contributed by atoms with van der Waals surface area (Å²) in [5.41, 5.74) is 1.13. The zero-order valence-corrected chi connectivity index (χ0v) is 18.7. The SMILES string of the molecule is CN=C(NCc1ccnc(N(C)C)c1)NC1CCN(c2ncccc2F)C1.I. The third kappa shape index (κ3) is 5.66. The molecular formula is C19H27FIN7. The van der Waals surface area contributed by atoms with Gasteiger partial charge in [-0.25, -0.2) is 14.4 Å². The van der Waals surface area contributed by atoms with Gasteiger partial charge in [0.25, 0.3) is 0 Å². The third-order valence-electron chi connectivity index (χ3n) is 4.52. The maximum absolute atomic E-state index is 13.9. The van der Waals surface area contributed by atoms with Crippen LogP contribution in [0, 0.1) is 5.82 Å². The summed E-state index contributed by atoms with van der Waals surface area (Å²) in [5, 5.41) is 6.74. The van der Waals surface area contributed by atoms with Crippen molar-refractivity contribution in [3.63, 3.8) is 0 Å². The summed E-state index contributed by atoms with van der Waals surface area (Å²) in [6.07, 6.45) is 4.33. The number of pyridine rings is 2. The minimum atomic E-state index is -0.282. The van der Waals surface area contributed by atoms with Gasteiger partial charge in [-0.3, -0.25) is 4.99 Å². The van der Waals surface area contributed by atoms with Crippen molar-refractivity contribution in [1.82, 2.24) is 20.6 Å². The first-order valence-corrected chi connectivity index (χ1v) is 9.01. The maximum Gasteiger partial charge on any atom is 0.191 e. The van der Waals surface area contributed by atoms with Crippen molar-refractivity contribution in [1.29, 1.82) is 0 Å². The highest BCUT2D eigenvalue weighted by molar-refractivity contribution is 14.0. The molecule has 1 aliphatic rings. The second kappa shape index (κ2) is 10.4. The van der Waals surface area contributed by atoms with E-state index < -0.39 is 0 Å². The molecule has 7 nitrogen and oxygen atoms in total. The zero-order valence-electron chi connectivity index (χ0n) is 16.4. The minimum absolute atomic E-state index is 0. The van der Waals surface area contributed by atoms with Crippen LogP contribution in [-0.2, 0) is 6.54 Å². The van der Waals surface area contributed by atoms with Crippen molar-refractivity contribution in [3.8, 4) is 0 Å². The molecule has 0 aromatic carbocycles. The van der Waals surface area contributed by atoms with Gasteiger partial charge in [0.15, 0.2) is 17.6 Å². The topological polar surface area (TPSA) is 68.7 Å². The lowest BCUT2D eigenvalue weighted by molar-refractivity contribution is 0.612. The molecule has 2 aromatic rings. The Morgan fingerprint density at radius 1 is 1.32 bits per heavy atom. The van der Waals surface area contributed by atoms with E-state index in [1.807, 2.05) is 36.0 Å². The molecule has 0 saturated carbocycles. The molecule has 152 valence electrons.